The van der Waals surface area contributed by atoms with E-state index in [1.54, 1.807) is 4.90 Å². The molecule has 1 atom stereocenters. The van der Waals surface area contributed by atoms with Crippen LogP contribution in [0.5, 0.6) is 0 Å². The summed E-state index contributed by atoms with van der Waals surface area (Å²) >= 11 is 0. The van der Waals surface area contributed by atoms with E-state index in [4.69, 9.17) is 0 Å². The summed E-state index contributed by atoms with van der Waals surface area (Å²) in [6, 6.07) is 3.03. The minimum atomic E-state index is -0.195. The van der Waals surface area contributed by atoms with Crippen molar-refractivity contribution in [3.63, 3.8) is 0 Å². The molecule has 3 heterocycles. The number of nitrogens with zero attached hydrogens (tertiary/aromatic N) is 6. The molecule has 128 valence electrons. The number of amides is 1. The topological polar surface area (TPSA) is 85.9 Å². The van der Waals surface area contributed by atoms with E-state index >= 15 is 0 Å². The Hall–Kier alpha value is -2.51. The summed E-state index contributed by atoms with van der Waals surface area (Å²) in [5.74, 6) is 1.47. The van der Waals surface area contributed by atoms with Gasteiger partial charge in [-0.15, -0.1) is 0 Å². The molecule has 1 fully saturated rings. The number of hydrogen-bond acceptors (Lipinski definition) is 5. The Morgan fingerprint density at radius 2 is 2.08 bits per heavy atom. The van der Waals surface area contributed by atoms with Crippen molar-refractivity contribution in [2.24, 2.45) is 0 Å². The fourth-order valence-electron chi connectivity index (χ4n) is 3.17. The second-order valence-electron chi connectivity index (χ2n) is 6.07. The van der Waals surface area contributed by atoms with E-state index < -0.39 is 0 Å². The molecule has 1 amide bonds. The maximum atomic E-state index is 12.7. The lowest BCUT2D eigenvalue weighted by Crippen LogP contribution is -2.42. The smallest absolute Gasteiger partial charge is 0.274 e. The molecular formula is C16H22N6O2. The molecule has 3 rings (SSSR count). The van der Waals surface area contributed by atoms with Crippen molar-refractivity contribution in [2.75, 3.05) is 13.1 Å². The highest BCUT2D eigenvalue weighted by Gasteiger charge is 2.28. The maximum absolute atomic E-state index is 12.7. The van der Waals surface area contributed by atoms with Crippen LogP contribution in [0.3, 0.4) is 0 Å². The lowest BCUT2D eigenvalue weighted by Gasteiger charge is -2.32. The molecule has 2 aromatic heterocycles. The number of carbonyl (C=O) groups is 1. The zero-order valence-corrected chi connectivity index (χ0v) is 14.3. The molecule has 24 heavy (non-hydrogen) atoms. The monoisotopic (exact) mass is 330 g/mol. The number of likely N-dealkylation sites (tertiary alicyclic amines) is 1. The standard InChI is InChI=1S/C16H22N6O2/c1-4-21-15(23)8-7-14(19-21)16(24)20-9-5-6-13(10-20)22-12(3)17-11(2)18-22/h7-8,13H,4-6,9-10H2,1-3H3/t13-/m0/s1. The van der Waals surface area contributed by atoms with Crippen molar-refractivity contribution in [1.29, 1.82) is 0 Å². The molecule has 0 spiro atoms. The van der Waals surface area contributed by atoms with Crippen molar-refractivity contribution in [1.82, 2.24) is 29.4 Å². The minimum absolute atomic E-state index is 0.126. The second-order valence-corrected chi connectivity index (χ2v) is 6.07. The number of aromatic nitrogens is 5. The van der Waals surface area contributed by atoms with E-state index in [1.807, 2.05) is 25.5 Å². The third kappa shape index (κ3) is 3.08. The van der Waals surface area contributed by atoms with Gasteiger partial charge in [-0.25, -0.2) is 14.3 Å². The van der Waals surface area contributed by atoms with Crippen LogP contribution >= 0.6 is 0 Å². The van der Waals surface area contributed by atoms with Crippen LogP contribution in [-0.4, -0.2) is 48.4 Å². The zero-order chi connectivity index (χ0) is 17.3. The van der Waals surface area contributed by atoms with E-state index in [0.717, 1.165) is 24.5 Å². The van der Waals surface area contributed by atoms with E-state index in [9.17, 15) is 9.59 Å². The van der Waals surface area contributed by atoms with Gasteiger partial charge in [0, 0.05) is 25.7 Å². The first-order chi connectivity index (χ1) is 11.5. The molecule has 1 aliphatic rings. The lowest BCUT2D eigenvalue weighted by molar-refractivity contribution is 0.0662. The van der Waals surface area contributed by atoms with Crippen LogP contribution in [-0.2, 0) is 6.54 Å². The Bertz CT molecular complexity index is 809. The number of aryl methyl sites for hydroxylation is 3. The van der Waals surface area contributed by atoms with Crippen LogP contribution in [0.4, 0.5) is 0 Å². The van der Waals surface area contributed by atoms with E-state index in [-0.39, 0.29) is 17.5 Å². The second kappa shape index (κ2) is 6.54. The minimum Gasteiger partial charge on any atom is -0.335 e. The summed E-state index contributed by atoms with van der Waals surface area (Å²) in [7, 11) is 0. The summed E-state index contributed by atoms with van der Waals surface area (Å²) in [6.07, 6.45) is 1.87. The highest BCUT2D eigenvalue weighted by Crippen LogP contribution is 2.23. The molecule has 0 saturated carbocycles. The van der Waals surface area contributed by atoms with Gasteiger partial charge in [0.15, 0.2) is 0 Å². The maximum Gasteiger partial charge on any atom is 0.274 e. The molecule has 0 bridgehead atoms. The average Bonchev–Trinajstić information content (AvgIpc) is 2.93. The number of carbonyl (C=O) groups excluding carboxylic acids is 1. The van der Waals surface area contributed by atoms with Crippen LogP contribution in [0.25, 0.3) is 0 Å². The summed E-state index contributed by atoms with van der Waals surface area (Å²) in [6.45, 7) is 7.34. The largest absolute Gasteiger partial charge is 0.335 e. The van der Waals surface area contributed by atoms with Crippen molar-refractivity contribution in [3.05, 3.63) is 39.8 Å². The quantitative estimate of drug-likeness (QED) is 0.836. The zero-order valence-electron chi connectivity index (χ0n) is 14.3. The normalized spacial score (nSPS) is 18.0. The van der Waals surface area contributed by atoms with E-state index in [0.29, 0.717) is 25.3 Å². The highest BCUT2D eigenvalue weighted by atomic mass is 16.2. The molecule has 0 radical (unpaired) electrons. The Morgan fingerprint density at radius 3 is 2.75 bits per heavy atom. The van der Waals surface area contributed by atoms with Crippen LogP contribution in [0.1, 0.15) is 47.9 Å². The van der Waals surface area contributed by atoms with Crippen LogP contribution in [0.15, 0.2) is 16.9 Å². The van der Waals surface area contributed by atoms with Crippen molar-refractivity contribution < 1.29 is 4.79 Å². The Kier molecular flexibility index (Phi) is 4.46. The average molecular weight is 330 g/mol. The van der Waals surface area contributed by atoms with Crippen LogP contribution < -0.4 is 5.56 Å². The predicted molar refractivity (Wildman–Crippen MR) is 87.8 cm³/mol. The Morgan fingerprint density at radius 1 is 1.29 bits per heavy atom. The van der Waals surface area contributed by atoms with Gasteiger partial charge in [0.2, 0.25) is 0 Å². The van der Waals surface area contributed by atoms with Gasteiger partial charge in [0.25, 0.3) is 11.5 Å². The summed E-state index contributed by atoms with van der Waals surface area (Å²) in [4.78, 5) is 30.5. The summed E-state index contributed by atoms with van der Waals surface area (Å²) < 4.78 is 3.22. The van der Waals surface area contributed by atoms with Gasteiger partial charge in [-0.1, -0.05) is 0 Å². The third-order valence-electron chi connectivity index (χ3n) is 4.32. The van der Waals surface area contributed by atoms with Crippen LogP contribution in [0.2, 0.25) is 0 Å². The third-order valence-corrected chi connectivity index (χ3v) is 4.32. The first-order valence-corrected chi connectivity index (χ1v) is 8.26. The molecule has 1 aliphatic heterocycles. The van der Waals surface area contributed by atoms with Gasteiger partial charge in [-0.05, 0) is 39.7 Å². The van der Waals surface area contributed by atoms with Gasteiger partial charge >= 0.3 is 0 Å². The number of rotatable bonds is 3. The molecular weight excluding hydrogens is 308 g/mol. The van der Waals surface area contributed by atoms with Gasteiger partial charge < -0.3 is 4.90 Å². The van der Waals surface area contributed by atoms with Crippen molar-refractivity contribution >= 4 is 5.91 Å². The number of piperidine rings is 1. The molecule has 0 aliphatic carbocycles. The van der Waals surface area contributed by atoms with E-state index in [2.05, 4.69) is 15.2 Å². The number of hydrogen-bond donors (Lipinski definition) is 0. The molecule has 1 saturated heterocycles. The van der Waals surface area contributed by atoms with Gasteiger partial charge in [-0.3, -0.25) is 9.59 Å². The fraction of sp³-hybridized carbons (Fsp3) is 0.562. The summed E-state index contributed by atoms with van der Waals surface area (Å²) in [5.41, 5.74) is 0.114. The molecule has 0 unspecified atom stereocenters. The van der Waals surface area contributed by atoms with Gasteiger partial charge in [-0.2, -0.15) is 10.2 Å². The first-order valence-electron chi connectivity index (χ1n) is 8.26. The van der Waals surface area contributed by atoms with E-state index in [1.165, 1.54) is 16.8 Å². The molecule has 8 heteroatoms. The Labute approximate surface area is 140 Å². The fourth-order valence-corrected chi connectivity index (χ4v) is 3.17. The summed E-state index contributed by atoms with van der Waals surface area (Å²) in [5, 5.41) is 8.61. The lowest BCUT2D eigenvalue weighted by atomic mass is 10.1. The molecule has 2 aromatic rings. The highest BCUT2D eigenvalue weighted by molar-refractivity contribution is 5.92. The van der Waals surface area contributed by atoms with Crippen molar-refractivity contribution in [2.45, 2.75) is 46.2 Å². The SMILES string of the molecule is CCn1nc(C(=O)N2CCC[C@H](n3nc(C)nc3C)C2)ccc1=O. The van der Waals surface area contributed by atoms with Gasteiger partial charge in [0.1, 0.15) is 17.3 Å². The molecule has 0 aromatic carbocycles. The van der Waals surface area contributed by atoms with Gasteiger partial charge in [0.05, 0.1) is 6.04 Å². The predicted octanol–water partition coefficient (Wildman–Crippen LogP) is 0.949. The molecule has 8 nitrogen and oxygen atoms in total. The molecule has 0 N–H and O–H groups in total. The van der Waals surface area contributed by atoms with Crippen LogP contribution in [0, 0.1) is 13.8 Å². The van der Waals surface area contributed by atoms with Crippen molar-refractivity contribution in [3.8, 4) is 0 Å². The first kappa shape index (κ1) is 16.4. The Balaban J connectivity index is 1.80.